The molecule has 2 heteroatoms. The lowest BCUT2D eigenvalue weighted by Gasteiger charge is -2.02. The molecule has 0 saturated carbocycles. The topological polar surface area (TPSA) is 30.0 Å². The Kier molecular flexibility index (Phi) is 4.48. The Morgan fingerprint density at radius 3 is 2.80 bits per heavy atom. The molecule has 0 radical (unpaired) electrons. The highest BCUT2D eigenvalue weighted by molar-refractivity contribution is 5.74. The van der Waals surface area contributed by atoms with Gasteiger partial charge in [-0.2, -0.15) is 0 Å². The Bertz CT molecular complexity index is 391. The zero-order valence-corrected chi connectivity index (χ0v) is 9.10. The van der Waals surface area contributed by atoms with Crippen LogP contribution in [0.15, 0.2) is 42.3 Å². The predicted octanol–water partition coefficient (Wildman–Crippen LogP) is 2.96. The number of aromatic nitrogens is 1. The van der Waals surface area contributed by atoms with E-state index >= 15 is 0 Å². The fourth-order valence-electron chi connectivity index (χ4n) is 1.38. The van der Waals surface area contributed by atoms with E-state index in [0.717, 1.165) is 18.3 Å². The first-order chi connectivity index (χ1) is 7.30. The van der Waals surface area contributed by atoms with E-state index in [9.17, 15) is 4.79 Å². The number of aldehydes is 1. The second-order valence-electron chi connectivity index (χ2n) is 3.28. The lowest BCUT2D eigenvalue weighted by molar-refractivity contribution is 0.112. The van der Waals surface area contributed by atoms with Crippen LogP contribution in [0.25, 0.3) is 0 Å². The van der Waals surface area contributed by atoms with Crippen molar-refractivity contribution >= 4 is 6.29 Å². The van der Waals surface area contributed by atoms with Gasteiger partial charge in [0.25, 0.3) is 0 Å². The van der Waals surface area contributed by atoms with Crippen LogP contribution >= 0.6 is 0 Å². The molecule has 2 nitrogen and oxygen atoms in total. The Labute approximate surface area is 90.4 Å². The molecule has 0 amide bonds. The van der Waals surface area contributed by atoms with Crippen LogP contribution in [0.2, 0.25) is 0 Å². The lowest BCUT2D eigenvalue weighted by atomic mass is 10.1. The molecule has 15 heavy (non-hydrogen) atoms. The second-order valence-corrected chi connectivity index (χ2v) is 3.28. The van der Waals surface area contributed by atoms with Crippen molar-refractivity contribution in [1.82, 2.24) is 4.98 Å². The van der Waals surface area contributed by atoms with Gasteiger partial charge in [0.05, 0.1) is 0 Å². The molecule has 0 aliphatic carbocycles. The maximum Gasteiger partial charge on any atom is 0.151 e. The number of hydrogen-bond acceptors (Lipinski definition) is 2. The quantitative estimate of drug-likeness (QED) is 0.553. The summed E-state index contributed by atoms with van der Waals surface area (Å²) in [7, 11) is 0. The molecule has 0 aliphatic heterocycles. The Morgan fingerprint density at radius 2 is 2.20 bits per heavy atom. The lowest BCUT2D eigenvalue weighted by Crippen LogP contribution is -1.91. The standard InChI is InChI=1S/C13H15NO/c1-3-5-11(4-2)6-12-7-13(10-15)9-14-8-12/h3-5,7-10H,6H2,1-2H3/b5-3-,11-4+. The third kappa shape index (κ3) is 3.50. The van der Waals surface area contributed by atoms with Gasteiger partial charge in [-0.25, -0.2) is 0 Å². The molecule has 78 valence electrons. The second kappa shape index (κ2) is 5.91. The fourth-order valence-corrected chi connectivity index (χ4v) is 1.38. The third-order valence-electron chi connectivity index (χ3n) is 2.11. The van der Waals surface area contributed by atoms with Crippen LogP contribution in [0.1, 0.15) is 29.8 Å². The van der Waals surface area contributed by atoms with Gasteiger partial charge in [-0.05, 0) is 37.5 Å². The van der Waals surface area contributed by atoms with Crippen LogP contribution in [0.3, 0.4) is 0 Å². The van der Waals surface area contributed by atoms with Crippen LogP contribution in [0, 0.1) is 0 Å². The first-order valence-electron chi connectivity index (χ1n) is 4.97. The van der Waals surface area contributed by atoms with Crippen LogP contribution < -0.4 is 0 Å². The molecule has 1 rings (SSSR count). The average Bonchev–Trinajstić information content (AvgIpc) is 2.29. The first kappa shape index (κ1) is 11.4. The zero-order valence-electron chi connectivity index (χ0n) is 9.10. The normalized spacial score (nSPS) is 12.0. The number of hydrogen-bond donors (Lipinski definition) is 0. The molecule has 1 aromatic heterocycles. The highest BCUT2D eigenvalue weighted by Crippen LogP contribution is 2.09. The Balaban J connectivity index is 2.83. The fraction of sp³-hybridized carbons (Fsp3) is 0.231. The van der Waals surface area contributed by atoms with Crippen molar-refractivity contribution in [2.24, 2.45) is 0 Å². The van der Waals surface area contributed by atoms with Gasteiger partial charge < -0.3 is 0 Å². The van der Waals surface area contributed by atoms with Crippen molar-refractivity contribution in [3.63, 3.8) is 0 Å². The van der Waals surface area contributed by atoms with Crippen LogP contribution in [-0.2, 0) is 6.42 Å². The van der Waals surface area contributed by atoms with Crippen molar-refractivity contribution in [3.8, 4) is 0 Å². The first-order valence-corrected chi connectivity index (χ1v) is 4.97. The van der Waals surface area contributed by atoms with Gasteiger partial charge in [-0.15, -0.1) is 0 Å². The van der Waals surface area contributed by atoms with Gasteiger partial charge in [0, 0.05) is 18.0 Å². The van der Waals surface area contributed by atoms with E-state index in [2.05, 4.69) is 17.1 Å². The van der Waals surface area contributed by atoms with Crippen LogP contribution in [0.5, 0.6) is 0 Å². The SMILES string of the molecule is C/C=C\C(=C/C)Cc1cncc(C=O)c1. The molecule has 0 saturated heterocycles. The third-order valence-corrected chi connectivity index (χ3v) is 2.11. The summed E-state index contributed by atoms with van der Waals surface area (Å²) in [4.78, 5) is 14.6. The molecule has 0 spiro atoms. The summed E-state index contributed by atoms with van der Waals surface area (Å²) < 4.78 is 0. The smallest absolute Gasteiger partial charge is 0.151 e. The van der Waals surface area contributed by atoms with E-state index in [1.165, 1.54) is 5.57 Å². The number of allylic oxidation sites excluding steroid dienone is 4. The number of pyridine rings is 1. The van der Waals surface area contributed by atoms with E-state index in [0.29, 0.717) is 5.56 Å². The van der Waals surface area contributed by atoms with Crippen molar-refractivity contribution in [3.05, 3.63) is 53.4 Å². The molecule has 0 aliphatic rings. The van der Waals surface area contributed by atoms with Crippen LogP contribution in [-0.4, -0.2) is 11.3 Å². The van der Waals surface area contributed by atoms with Crippen molar-refractivity contribution in [2.75, 3.05) is 0 Å². The van der Waals surface area contributed by atoms with E-state index < -0.39 is 0 Å². The van der Waals surface area contributed by atoms with Crippen molar-refractivity contribution < 1.29 is 4.79 Å². The minimum Gasteiger partial charge on any atom is -0.298 e. The molecule has 1 aromatic rings. The van der Waals surface area contributed by atoms with Gasteiger partial charge in [0.15, 0.2) is 6.29 Å². The summed E-state index contributed by atoms with van der Waals surface area (Å²) in [5, 5.41) is 0. The summed E-state index contributed by atoms with van der Waals surface area (Å²) in [6, 6.07) is 1.87. The van der Waals surface area contributed by atoms with Gasteiger partial charge in [0.2, 0.25) is 0 Å². The number of carbonyl (C=O) groups excluding carboxylic acids is 1. The summed E-state index contributed by atoms with van der Waals surface area (Å²) in [6.07, 6.45) is 11.1. The summed E-state index contributed by atoms with van der Waals surface area (Å²) in [5.74, 6) is 0. The van der Waals surface area contributed by atoms with E-state index in [1.54, 1.807) is 12.4 Å². The predicted molar refractivity (Wildman–Crippen MR) is 61.9 cm³/mol. The van der Waals surface area contributed by atoms with E-state index in [1.807, 2.05) is 26.0 Å². The maximum absolute atomic E-state index is 10.6. The summed E-state index contributed by atoms with van der Waals surface area (Å²) >= 11 is 0. The number of nitrogens with zero attached hydrogens (tertiary/aromatic N) is 1. The highest BCUT2D eigenvalue weighted by Gasteiger charge is 1.98. The molecule has 0 bridgehead atoms. The summed E-state index contributed by atoms with van der Waals surface area (Å²) in [5.41, 5.74) is 2.91. The van der Waals surface area contributed by atoms with Gasteiger partial charge >= 0.3 is 0 Å². The molecular weight excluding hydrogens is 186 g/mol. The molecule has 0 unspecified atom stereocenters. The minimum atomic E-state index is 0.628. The van der Waals surface area contributed by atoms with Crippen molar-refractivity contribution in [1.29, 1.82) is 0 Å². The number of rotatable bonds is 4. The molecule has 0 atom stereocenters. The molecular formula is C13H15NO. The largest absolute Gasteiger partial charge is 0.298 e. The monoisotopic (exact) mass is 201 g/mol. The van der Waals surface area contributed by atoms with E-state index in [4.69, 9.17) is 0 Å². The average molecular weight is 201 g/mol. The van der Waals surface area contributed by atoms with Gasteiger partial charge in [0.1, 0.15) is 0 Å². The van der Waals surface area contributed by atoms with Crippen LogP contribution in [0.4, 0.5) is 0 Å². The maximum atomic E-state index is 10.6. The van der Waals surface area contributed by atoms with Crippen molar-refractivity contribution in [2.45, 2.75) is 20.3 Å². The van der Waals surface area contributed by atoms with Gasteiger partial charge in [-0.1, -0.05) is 18.2 Å². The highest BCUT2D eigenvalue weighted by atomic mass is 16.1. The zero-order chi connectivity index (χ0) is 11.1. The molecule has 1 heterocycles. The molecule has 0 N–H and O–H groups in total. The van der Waals surface area contributed by atoms with E-state index in [-0.39, 0.29) is 0 Å². The van der Waals surface area contributed by atoms with Gasteiger partial charge in [-0.3, -0.25) is 9.78 Å². The Morgan fingerprint density at radius 1 is 1.40 bits per heavy atom. The molecule has 0 fully saturated rings. The minimum absolute atomic E-state index is 0.628. The Hall–Kier alpha value is -1.70. The number of carbonyl (C=O) groups is 1. The summed E-state index contributed by atoms with van der Waals surface area (Å²) in [6.45, 7) is 4.00. The molecule has 0 aromatic carbocycles.